The van der Waals surface area contributed by atoms with Crippen LogP contribution in [0.15, 0.2) is 34.8 Å². The number of nitrogens with one attached hydrogen (secondary N) is 1. The van der Waals surface area contributed by atoms with Crippen LogP contribution in [-0.4, -0.2) is 0 Å². The molecular formula is C13H8BrF2N3. The summed E-state index contributed by atoms with van der Waals surface area (Å²) >= 11 is 3.26. The Hall–Kier alpha value is -2.13. The highest BCUT2D eigenvalue weighted by Crippen LogP contribution is 2.29. The first-order chi connectivity index (χ1) is 9.01. The number of hydrogen-bond acceptors (Lipinski definition) is 3. The lowest BCUT2D eigenvalue weighted by atomic mass is 10.1. The van der Waals surface area contributed by atoms with E-state index in [9.17, 15) is 8.78 Å². The Bertz CT molecular complexity index is 680. The number of hydrogen-bond donors (Lipinski definition) is 2. The lowest BCUT2D eigenvalue weighted by molar-refractivity contribution is 0.587. The average Bonchev–Trinajstić information content (AvgIpc) is 2.35. The van der Waals surface area contributed by atoms with Crippen LogP contribution < -0.4 is 11.1 Å². The molecule has 0 aromatic heterocycles. The van der Waals surface area contributed by atoms with Crippen LogP contribution >= 0.6 is 15.9 Å². The topological polar surface area (TPSA) is 61.8 Å². The van der Waals surface area contributed by atoms with Gasteiger partial charge < -0.3 is 11.1 Å². The molecule has 3 N–H and O–H groups in total. The van der Waals surface area contributed by atoms with E-state index in [1.54, 1.807) is 18.2 Å². The molecular weight excluding hydrogens is 316 g/mol. The minimum atomic E-state index is -0.851. The summed E-state index contributed by atoms with van der Waals surface area (Å²) in [5.74, 6) is -1.60. The molecule has 6 heteroatoms. The van der Waals surface area contributed by atoms with E-state index < -0.39 is 11.6 Å². The maximum absolute atomic E-state index is 13.3. The van der Waals surface area contributed by atoms with Gasteiger partial charge in [-0.05, 0) is 24.3 Å². The second kappa shape index (κ2) is 5.24. The zero-order valence-corrected chi connectivity index (χ0v) is 11.1. The van der Waals surface area contributed by atoms with Gasteiger partial charge in [-0.15, -0.1) is 0 Å². The van der Waals surface area contributed by atoms with Crippen LogP contribution in [0, 0.1) is 23.0 Å². The molecule has 2 rings (SSSR count). The van der Waals surface area contributed by atoms with Crippen molar-refractivity contribution in [2.24, 2.45) is 0 Å². The predicted octanol–water partition coefficient (Wildman–Crippen LogP) is 3.92. The summed E-state index contributed by atoms with van der Waals surface area (Å²) in [6.45, 7) is 0. The van der Waals surface area contributed by atoms with Crippen LogP contribution in [0.5, 0.6) is 0 Å². The first-order valence-corrected chi connectivity index (χ1v) is 6.01. The van der Waals surface area contributed by atoms with Gasteiger partial charge in [-0.3, -0.25) is 0 Å². The molecule has 2 aromatic rings. The maximum Gasteiger partial charge on any atom is 0.151 e. The standard InChI is InChI=1S/C13H8BrF2N3/c14-8-2-1-7(6-17)11(3-8)19-12-5-9(15)4-10(16)13(12)18/h1-5,19H,18H2. The highest BCUT2D eigenvalue weighted by Gasteiger charge is 2.10. The molecule has 0 aliphatic carbocycles. The minimum absolute atomic E-state index is 0.0760. The lowest BCUT2D eigenvalue weighted by Crippen LogP contribution is -2.01. The van der Waals surface area contributed by atoms with Gasteiger partial charge in [-0.25, -0.2) is 8.78 Å². The zero-order chi connectivity index (χ0) is 14.0. The smallest absolute Gasteiger partial charge is 0.151 e. The Balaban J connectivity index is 2.47. The summed E-state index contributed by atoms with van der Waals surface area (Å²) in [4.78, 5) is 0. The third-order valence-electron chi connectivity index (χ3n) is 2.47. The summed E-state index contributed by atoms with van der Waals surface area (Å²) in [6, 6.07) is 8.65. The number of nitrogens with two attached hydrogens (primary N) is 1. The van der Waals surface area contributed by atoms with Gasteiger partial charge in [-0.2, -0.15) is 5.26 Å². The Morgan fingerprint density at radius 2 is 1.89 bits per heavy atom. The molecule has 0 aliphatic rings. The number of halogens is 3. The summed E-state index contributed by atoms with van der Waals surface area (Å²) < 4.78 is 27.2. The highest BCUT2D eigenvalue weighted by atomic mass is 79.9. The summed E-state index contributed by atoms with van der Waals surface area (Å²) in [5.41, 5.74) is 6.15. The second-order valence-electron chi connectivity index (χ2n) is 3.78. The Kier molecular flexibility index (Phi) is 3.67. The van der Waals surface area contributed by atoms with Crippen molar-refractivity contribution >= 4 is 33.0 Å². The van der Waals surface area contributed by atoms with Crippen LogP contribution in [-0.2, 0) is 0 Å². The van der Waals surface area contributed by atoms with E-state index in [1.165, 1.54) is 0 Å². The fraction of sp³-hybridized carbons (Fsp3) is 0. The first-order valence-electron chi connectivity index (χ1n) is 5.22. The molecule has 0 fully saturated rings. The van der Waals surface area contributed by atoms with E-state index in [0.29, 0.717) is 17.3 Å². The van der Waals surface area contributed by atoms with Gasteiger partial charge in [0.2, 0.25) is 0 Å². The number of rotatable bonds is 2. The van der Waals surface area contributed by atoms with E-state index in [2.05, 4.69) is 21.2 Å². The SMILES string of the molecule is N#Cc1ccc(Br)cc1Nc1cc(F)cc(F)c1N. The maximum atomic E-state index is 13.3. The van der Waals surface area contributed by atoms with Crippen molar-refractivity contribution in [3.63, 3.8) is 0 Å². The lowest BCUT2D eigenvalue weighted by Gasteiger charge is -2.11. The Labute approximate surface area is 116 Å². The van der Waals surface area contributed by atoms with Gasteiger partial charge in [0.15, 0.2) is 5.82 Å². The fourth-order valence-corrected chi connectivity index (χ4v) is 1.91. The Morgan fingerprint density at radius 3 is 2.58 bits per heavy atom. The molecule has 0 spiro atoms. The van der Waals surface area contributed by atoms with E-state index in [-0.39, 0.29) is 11.4 Å². The van der Waals surface area contributed by atoms with Gasteiger partial charge >= 0.3 is 0 Å². The van der Waals surface area contributed by atoms with E-state index in [1.807, 2.05) is 6.07 Å². The molecule has 0 atom stereocenters. The van der Waals surface area contributed by atoms with Crippen LogP contribution in [0.2, 0.25) is 0 Å². The number of nitrogens with zero attached hydrogens (tertiary/aromatic N) is 1. The van der Waals surface area contributed by atoms with E-state index in [0.717, 1.165) is 10.5 Å². The molecule has 0 saturated heterocycles. The fourth-order valence-electron chi connectivity index (χ4n) is 1.55. The molecule has 0 amide bonds. The molecule has 0 heterocycles. The van der Waals surface area contributed by atoms with E-state index >= 15 is 0 Å². The van der Waals surface area contributed by atoms with Crippen LogP contribution in [0.1, 0.15) is 5.56 Å². The largest absolute Gasteiger partial charge is 0.395 e. The monoisotopic (exact) mass is 323 g/mol. The molecule has 2 aromatic carbocycles. The number of nitrogen functional groups attached to an aromatic ring is 1. The average molecular weight is 324 g/mol. The highest BCUT2D eigenvalue weighted by molar-refractivity contribution is 9.10. The summed E-state index contributed by atoms with van der Waals surface area (Å²) in [5, 5.41) is 11.7. The van der Waals surface area contributed by atoms with Gasteiger partial charge in [0.25, 0.3) is 0 Å². The molecule has 3 nitrogen and oxygen atoms in total. The van der Waals surface area contributed by atoms with E-state index in [4.69, 9.17) is 11.0 Å². The quantitative estimate of drug-likeness (QED) is 0.823. The van der Waals surface area contributed by atoms with Crippen LogP contribution in [0.25, 0.3) is 0 Å². The molecule has 0 saturated carbocycles. The molecule has 96 valence electrons. The number of nitriles is 1. The second-order valence-corrected chi connectivity index (χ2v) is 4.69. The molecule has 0 aliphatic heterocycles. The molecule has 0 unspecified atom stereocenters. The van der Waals surface area contributed by atoms with Crippen molar-refractivity contribution in [1.82, 2.24) is 0 Å². The van der Waals surface area contributed by atoms with Crippen molar-refractivity contribution in [1.29, 1.82) is 5.26 Å². The van der Waals surface area contributed by atoms with Crippen molar-refractivity contribution in [2.75, 3.05) is 11.1 Å². The number of benzene rings is 2. The van der Waals surface area contributed by atoms with Crippen molar-refractivity contribution < 1.29 is 8.78 Å². The van der Waals surface area contributed by atoms with Gasteiger partial charge in [0.1, 0.15) is 11.9 Å². The third kappa shape index (κ3) is 2.83. The molecule has 19 heavy (non-hydrogen) atoms. The molecule has 0 radical (unpaired) electrons. The van der Waals surface area contributed by atoms with Crippen molar-refractivity contribution in [3.8, 4) is 6.07 Å². The first kappa shape index (κ1) is 13.3. The van der Waals surface area contributed by atoms with Crippen LogP contribution in [0.3, 0.4) is 0 Å². The van der Waals surface area contributed by atoms with Crippen molar-refractivity contribution in [3.05, 3.63) is 52.0 Å². The van der Waals surface area contributed by atoms with Gasteiger partial charge in [0.05, 0.1) is 22.6 Å². The summed E-state index contributed by atoms with van der Waals surface area (Å²) in [6.07, 6.45) is 0. The zero-order valence-electron chi connectivity index (χ0n) is 9.55. The third-order valence-corrected chi connectivity index (χ3v) is 2.96. The number of anilines is 3. The van der Waals surface area contributed by atoms with Crippen molar-refractivity contribution in [2.45, 2.75) is 0 Å². The van der Waals surface area contributed by atoms with Gasteiger partial charge in [-0.1, -0.05) is 15.9 Å². The normalized spacial score (nSPS) is 10.0. The van der Waals surface area contributed by atoms with Gasteiger partial charge in [0, 0.05) is 10.5 Å². The molecule has 0 bridgehead atoms. The van der Waals surface area contributed by atoms with Crippen LogP contribution in [0.4, 0.5) is 25.8 Å². The summed E-state index contributed by atoms with van der Waals surface area (Å²) in [7, 11) is 0. The minimum Gasteiger partial charge on any atom is -0.395 e. The predicted molar refractivity (Wildman–Crippen MR) is 72.9 cm³/mol. The Morgan fingerprint density at radius 1 is 1.16 bits per heavy atom.